The first-order valence-electron chi connectivity index (χ1n) is 15.9. The highest BCUT2D eigenvalue weighted by atomic mass is 19.1. The molecule has 4 heteroatoms. The number of hydrogen-bond donors (Lipinski definition) is 0. The molecule has 0 spiro atoms. The van der Waals surface area contributed by atoms with Crippen LogP contribution in [0.5, 0.6) is 0 Å². The van der Waals surface area contributed by atoms with Gasteiger partial charge in [0.2, 0.25) is 5.89 Å². The number of nitrogens with zero attached hydrogens (tertiary/aromatic N) is 2. The Morgan fingerprint density at radius 1 is 0.604 bits per heavy atom. The lowest BCUT2D eigenvalue weighted by Crippen LogP contribution is -2.14. The average Bonchev–Trinajstić information content (AvgIpc) is 3.59. The van der Waals surface area contributed by atoms with E-state index in [-0.39, 0.29) is 5.52 Å². The van der Waals surface area contributed by atoms with Gasteiger partial charge in [0.05, 0.1) is 0 Å². The van der Waals surface area contributed by atoms with Gasteiger partial charge in [0.1, 0.15) is 5.52 Å². The van der Waals surface area contributed by atoms with Gasteiger partial charge in [0.15, 0.2) is 11.4 Å². The molecule has 1 aromatic heterocycles. The molecular formula is C44H33FN2O. The van der Waals surface area contributed by atoms with Crippen molar-refractivity contribution >= 4 is 22.5 Å². The Morgan fingerprint density at radius 3 is 1.75 bits per heavy atom. The van der Waals surface area contributed by atoms with Crippen molar-refractivity contribution in [2.75, 3.05) is 4.90 Å². The summed E-state index contributed by atoms with van der Waals surface area (Å²) in [5.41, 5.74) is 11.5. The number of fused-ring (bicyclic) bond motifs is 1. The third kappa shape index (κ3) is 6.12. The Morgan fingerprint density at radius 2 is 1.15 bits per heavy atom. The number of anilines is 2. The van der Waals surface area contributed by atoms with Crippen molar-refractivity contribution in [1.82, 2.24) is 4.98 Å². The van der Waals surface area contributed by atoms with E-state index in [1.54, 1.807) is 18.2 Å². The Labute approximate surface area is 280 Å². The van der Waals surface area contributed by atoms with Crippen molar-refractivity contribution in [3.05, 3.63) is 188 Å². The summed E-state index contributed by atoms with van der Waals surface area (Å²) in [5.74, 6) is 0.00646. The minimum Gasteiger partial charge on any atom is -0.436 e. The summed E-state index contributed by atoms with van der Waals surface area (Å²) in [7, 11) is 0. The van der Waals surface area contributed by atoms with Crippen LogP contribution < -0.4 is 4.90 Å². The lowest BCUT2D eigenvalue weighted by atomic mass is 9.89. The second-order valence-electron chi connectivity index (χ2n) is 11.4. The number of benzene rings is 6. The summed E-state index contributed by atoms with van der Waals surface area (Å²) in [6.45, 7) is 5.90. The van der Waals surface area contributed by atoms with E-state index in [2.05, 4.69) is 139 Å². The number of allylic oxidation sites excluding steroid dienone is 5. The molecule has 0 bridgehead atoms. The lowest BCUT2D eigenvalue weighted by Gasteiger charge is -2.26. The topological polar surface area (TPSA) is 29.3 Å². The quantitative estimate of drug-likeness (QED) is 0.150. The molecule has 0 aliphatic rings. The predicted molar refractivity (Wildman–Crippen MR) is 197 cm³/mol. The fourth-order valence-electron chi connectivity index (χ4n) is 6.04. The molecule has 0 unspecified atom stereocenters. The van der Waals surface area contributed by atoms with E-state index in [9.17, 15) is 4.39 Å². The van der Waals surface area contributed by atoms with Crippen LogP contribution in [0.4, 0.5) is 15.8 Å². The molecule has 0 amide bonds. The zero-order valence-corrected chi connectivity index (χ0v) is 26.6. The zero-order valence-electron chi connectivity index (χ0n) is 26.6. The minimum atomic E-state index is -0.390. The van der Waals surface area contributed by atoms with E-state index in [1.165, 1.54) is 6.07 Å². The normalized spacial score (nSPS) is 11.7. The van der Waals surface area contributed by atoms with E-state index in [4.69, 9.17) is 4.42 Å². The molecule has 0 saturated heterocycles. The smallest absolute Gasteiger partial charge is 0.227 e. The van der Waals surface area contributed by atoms with Gasteiger partial charge in [0.25, 0.3) is 0 Å². The third-order valence-corrected chi connectivity index (χ3v) is 8.35. The number of halogens is 1. The summed E-state index contributed by atoms with van der Waals surface area (Å²) >= 11 is 0. The monoisotopic (exact) mass is 624 g/mol. The van der Waals surface area contributed by atoms with E-state index < -0.39 is 5.82 Å². The molecule has 0 N–H and O–H groups in total. The van der Waals surface area contributed by atoms with Crippen LogP contribution in [-0.4, -0.2) is 4.98 Å². The highest BCUT2D eigenvalue weighted by Gasteiger charge is 2.16. The standard InChI is InChI=1S/C44H33FN2O/c1-3-4-6-14-31(2)47(35-15-7-5-8-16-35)36-29-27-33(28-30-36)38-18-10-12-20-40(38)39-19-11-9-17-37(39)32-23-25-34(26-24-32)44-46-43-41(45)21-13-22-42(43)48-44/h3-30H,1H2,2H3/b6-4-,31-14+. The van der Waals surface area contributed by atoms with Crippen molar-refractivity contribution in [3.8, 4) is 44.8 Å². The van der Waals surface area contributed by atoms with Gasteiger partial charge in [-0.15, -0.1) is 0 Å². The highest BCUT2D eigenvalue weighted by molar-refractivity contribution is 5.92. The highest BCUT2D eigenvalue weighted by Crippen LogP contribution is 2.40. The number of rotatable bonds is 9. The molecule has 1 heterocycles. The Balaban J connectivity index is 1.23. The average molecular weight is 625 g/mol. The van der Waals surface area contributed by atoms with E-state index in [0.717, 1.165) is 56.0 Å². The first kappa shape index (κ1) is 30.4. The second kappa shape index (κ2) is 13.6. The van der Waals surface area contributed by atoms with Gasteiger partial charge in [-0.1, -0.05) is 122 Å². The summed E-state index contributed by atoms with van der Waals surface area (Å²) in [5, 5.41) is 0. The van der Waals surface area contributed by atoms with Gasteiger partial charge in [-0.25, -0.2) is 9.37 Å². The van der Waals surface area contributed by atoms with Crippen LogP contribution in [0.3, 0.4) is 0 Å². The molecule has 0 aliphatic carbocycles. The molecule has 0 fully saturated rings. The fraction of sp³-hybridized carbons (Fsp3) is 0.0227. The lowest BCUT2D eigenvalue weighted by molar-refractivity contribution is 0.617. The maximum Gasteiger partial charge on any atom is 0.227 e. The van der Waals surface area contributed by atoms with Gasteiger partial charge in [-0.2, -0.15) is 0 Å². The largest absolute Gasteiger partial charge is 0.436 e. The zero-order chi connectivity index (χ0) is 32.9. The van der Waals surface area contributed by atoms with Crippen LogP contribution in [-0.2, 0) is 0 Å². The van der Waals surface area contributed by atoms with Crippen LogP contribution >= 0.6 is 0 Å². The molecule has 7 rings (SSSR count). The first-order valence-corrected chi connectivity index (χ1v) is 15.9. The van der Waals surface area contributed by atoms with Crippen molar-refractivity contribution in [2.45, 2.75) is 6.92 Å². The molecule has 3 nitrogen and oxygen atoms in total. The maximum atomic E-state index is 14.2. The number of oxazole rings is 1. The van der Waals surface area contributed by atoms with Gasteiger partial charge >= 0.3 is 0 Å². The summed E-state index contributed by atoms with van der Waals surface area (Å²) in [4.78, 5) is 6.65. The van der Waals surface area contributed by atoms with E-state index >= 15 is 0 Å². The number of para-hydroxylation sites is 2. The van der Waals surface area contributed by atoms with Crippen LogP contribution in [0.15, 0.2) is 187 Å². The van der Waals surface area contributed by atoms with Gasteiger partial charge < -0.3 is 9.32 Å². The van der Waals surface area contributed by atoms with E-state index in [0.29, 0.717) is 11.5 Å². The van der Waals surface area contributed by atoms with E-state index in [1.807, 2.05) is 30.4 Å². The molecule has 0 saturated carbocycles. The molecule has 6 aromatic carbocycles. The molecule has 0 radical (unpaired) electrons. The molecule has 7 aromatic rings. The predicted octanol–water partition coefficient (Wildman–Crippen LogP) is 12.4. The number of hydrogen-bond acceptors (Lipinski definition) is 3. The summed E-state index contributed by atoms with van der Waals surface area (Å²) in [6, 6.07) is 48.9. The SMILES string of the molecule is C=C/C=C\C=C(/C)N(c1ccccc1)c1ccc(-c2ccccc2-c2ccccc2-c2ccc(-c3nc4c(F)cccc4o3)cc2)cc1. The summed E-state index contributed by atoms with van der Waals surface area (Å²) < 4.78 is 20.1. The Hall–Kier alpha value is -6.26. The van der Waals surface area contributed by atoms with Crippen LogP contribution in [0.25, 0.3) is 55.9 Å². The van der Waals surface area contributed by atoms with Crippen molar-refractivity contribution in [1.29, 1.82) is 0 Å². The fourth-order valence-corrected chi connectivity index (χ4v) is 6.04. The molecule has 48 heavy (non-hydrogen) atoms. The van der Waals surface area contributed by atoms with Gasteiger partial charge in [0, 0.05) is 22.6 Å². The van der Waals surface area contributed by atoms with Crippen LogP contribution in [0.1, 0.15) is 6.92 Å². The van der Waals surface area contributed by atoms with Crippen LogP contribution in [0, 0.1) is 5.82 Å². The van der Waals surface area contributed by atoms with Crippen LogP contribution in [0.2, 0.25) is 0 Å². The minimum absolute atomic E-state index is 0.242. The molecule has 232 valence electrons. The first-order chi connectivity index (χ1) is 23.6. The second-order valence-corrected chi connectivity index (χ2v) is 11.4. The maximum absolute atomic E-state index is 14.2. The Kier molecular flexibility index (Phi) is 8.62. The van der Waals surface area contributed by atoms with Gasteiger partial charge in [-0.05, 0) is 94.9 Å². The van der Waals surface area contributed by atoms with Gasteiger partial charge in [-0.3, -0.25) is 0 Å². The molecule has 0 atom stereocenters. The number of aromatic nitrogens is 1. The van der Waals surface area contributed by atoms with Crippen molar-refractivity contribution in [3.63, 3.8) is 0 Å². The third-order valence-electron chi connectivity index (χ3n) is 8.35. The Bertz CT molecular complexity index is 2260. The van der Waals surface area contributed by atoms with Crippen molar-refractivity contribution in [2.24, 2.45) is 0 Å². The molecule has 0 aliphatic heterocycles. The summed E-state index contributed by atoms with van der Waals surface area (Å²) in [6.07, 6.45) is 7.80. The molecular weight excluding hydrogens is 591 g/mol. The van der Waals surface area contributed by atoms with Crippen molar-refractivity contribution < 1.29 is 8.81 Å².